The van der Waals surface area contributed by atoms with Gasteiger partial charge in [0.05, 0.1) is 6.26 Å². The van der Waals surface area contributed by atoms with E-state index in [0.29, 0.717) is 18.8 Å². The van der Waals surface area contributed by atoms with Crippen LogP contribution in [-0.2, 0) is 13.1 Å². The monoisotopic (exact) mass is 362 g/mol. The van der Waals surface area contributed by atoms with Gasteiger partial charge in [-0.05, 0) is 35.4 Å². The van der Waals surface area contributed by atoms with E-state index in [-0.39, 0.29) is 11.7 Å². The van der Waals surface area contributed by atoms with Gasteiger partial charge in [0.25, 0.3) is 5.91 Å². The van der Waals surface area contributed by atoms with Crippen LogP contribution in [0.4, 0.5) is 5.69 Å². The summed E-state index contributed by atoms with van der Waals surface area (Å²) in [6, 6.07) is 21.1. The largest absolute Gasteiger partial charge is 0.459 e. The van der Waals surface area contributed by atoms with Crippen molar-refractivity contribution in [2.75, 3.05) is 12.4 Å². The molecule has 0 fully saturated rings. The van der Waals surface area contributed by atoms with Crippen molar-refractivity contribution in [3.8, 4) is 0 Å². The third-order valence-corrected chi connectivity index (χ3v) is 3.94. The number of aliphatic imine (C=N–C) groups is 1. The molecule has 0 atom stereocenters. The zero-order valence-corrected chi connectivity index (χ0v) is 15.1. The Hall–Kier alpha value is -3.54. The summed E-state index contributed by atoms with van der Waals surface area (Å²) in [6.45, 7) is 1.33. The van der Waals surface area contributed by atoms with Crippen LogP contribution in [0, 0.1) is 0 Å². The molecule has 27 heavy (non-hydrogen) atoms. The lowest BCUT2D eigenvalue weighted by atomic mass is 10.2. The van der Waals surface area contributed by atoms with Crippen molar-refractivity contribution in [1.82, 2.24) is 10.6 Å². The second kappa shape index (κ2) is 9.24. The van der Waals surface area contributed by atoms with Gasteiger partial charge in [-0.25, -0.2) is 0 Å². The molecule has 1 heterocycles. The molecule has 0 bridgehead atoms. The fourth-order valence-corrected chi connectivity index (χ4v) is 2.49. The average molecular weight is 362 g/mol. The van der Waals surface area contributed by atoms with Crippen LogP contribution in [-0.4, -0.2) is 18.9 Å². The molecule has 0 aliphatic heterocycles. The van der Waals surface area contributed by atoms with Gasteiger partial charge >= 0.3 is 0 Å². The maximum absolute atomic E-state index is 12.0. The van der Waals surface area contributed by atoms with Gasteiger partial charge in [0.1, 0.15) is 0 Å². The van der Waals surface area contributed by atoms with E-state index in [4.69, 9.17) is 4.42 Å². The van der Waals surface area contributed by atoms with Gasteiger partial charge in [0.2, 0.25) is 0 Å². The van der Waals surface area contributed by atoms with E-state index in [2.05, 4.69) is 33.1 Å². The molecule has 0 saturated carbocycles. The third kappa shape index (κ3) is 5.47. The van der Waals surface area contributed by atoms with Crippen molar-refractivity contribution in [1.29, 1.82) is 0 Å². The van der Waals surface area contributed by atoms with Gasteiger partial charge < -0.3 is 20.4 Å². The van der Waals surface area contributed by atoms with Crippen LogP contribution in [0.15, 0.2) is 82.4 Å². The van der Waals surface area contributed by atoms with Crippen LogP contribution < -0.4 is 16.0 Å². The molecule has 1 aromatic heterocycles. The Kier molecular flexibility index (Phi) is 6.25. The number of carbonyl (C=O) groups excluding carboxylic acids is 1. The highest BCUT2D eigenvalue weighted by Crippen LogP contribution is 2.11. The van der Waals surface area contributed by atoms with Gasteiger partial charge in [0, 0.05) is 25.8 Å². The predicted molar refractivity (Wildman–Crippen MR) is 107 cm³/mol. The number of amides is 1. The highest BCUT2D eigenvalue weighted by Gasteiger charge is 2.08. The van der Waals surface area contributed by atoms with Crippen molar-refractivity contribution in [2.45, 2.75) is 13.1 Å². The number of anilines is 1. The van der Waals surface area contributed by atoms with E-state index in [9.17, 15) is 4.79 Å². The molecule has 1 amide bonds. The minimum atomic E-state index is -0.267. The first kappa shape index (κ1) is 18.3. The molecule has 0 unspecified atom stereocenters. The fourth-order valence-electron chi connectivity index (χ4n) is 2.49. The molecule has 3 N–H and O–H groups in total. The summed E-state index contributed by atoms with van der Waals surface area (Å²) in [5.41, 5.74) is 2.98. The molecule has 138 valence electrons. The summed E-state index contributed by atoms with van der Waals surface area (Å²) in [4.78, 5) is 16.2. The van der Waals surface area contributed by atoms with E-state index in [1.54, 1.807) is 19.2 Å². The van der Waals surface area contributed by atoms with Crippen molar-refractivity contribution < 1.29 is 9.21 Å². The highest BCUT2D eigenvalue weighted by molar-refractivity contribution is 6.02. The van der Waals surface area contributed by atoms with E-state index in [1.807, 2.05) is 42.5 Å². The number of nitrogens with one attached hydrogen (secondary N) is 3. The molecular weight excluding hydrogens is 340 g/mol. The topological polar surface area (TPSA) is 78.7 Å². The molecule has 0 saturated heterocycles. The second-order valence-electron chi connectivity index (χ2n) is 5.89. The lowest BCUT2D eigenvalue weighted by molar-refractivity contribution is 0.0996. The quantitative estimate of drug-likeness (QED) is 0.464. The number of guanidine groups is 1. The van der Waals surface area contributed by atoms with Crippen molar-refractivity contribution in [3.05, 3.63) is 89.9 Å². The summed E-state index contributed by atoms with van der Waals surface area (Å²) >= 11 is 0. The number of nitrogens with zero attached hydrogens (tertiary/aromatic N) is 1. The SMILES string of the molecule is CN=C(NCc1ccccc1)NCc1ccc(NC(=O)c2ccco2)cc1. The number of hydrogen-bond donors (Lipinski definition) is 3. The van der Waals surface area contributed by atoms with Gasteiger partial charge in [-0.3, -0.25) is 9.79 Å². The number of carbonyl (C=O) groups is 1. The number of hydrogen-bond acceptors (Lipinski definition) is 3. The predicted octanol–water partition coefficient (Wildman–Crippen LogP) is 3.40. The van der Waals surface area contributed by atoms with Crippen molar-refractivity contribution >= 4 is 17.6 Å². The zero-order valence-electron chi connectivity index (χ0n) is 15.1. The van der Waals surface area contributed by atoms with Gasteiger partial charge in [-0.15, -0.1) is 0 Å². The van der Waals surface area contributed by atoms with Gasteiger partial charge in [-0.2, -0.15) is 0 Å². The minimum absolute atomic E-state index is 0.267. The van der Waals surface area contributed by atoms with E-state index >= 15 is 0 Å². The molecular formula is C21H22N4O2. The molecule has 6 heteroatoms. The Morgan fingerprint density at radius 3 is 2.15 bits per heavy atom. The van der Waals surface area contributed by atoms with Crippen LogP contribution in [0.2, 0.25) is 0 Å². The van der Waals surface area contributed by atoms with Crippen molar-refractivity contribution in [3.63, 3.8) is 0 Å². The van der Waals surface area contributed by atoms with Crippen LogP contribution >= 0.6 is 0 Å². The zero-order chi connectivity index (χ0) is 18.9. The lowest BCUT2D eigenvalue weighted by Crippen LogP contribution is -2.36. The first-order chi connectivity index (χ1) is 13.2. The Balaban J connectivity index is 1.48. The Morgan fingerprint density at radius 1 is 0.889 bits per heavy atom. The summed E-state index contributed by atoms with van der Waals surface area (Å²) in [5.74, 6) is 0.750. The van der Waals surface area contributed by atoms with Crippen LogP contribution in [0.3, 0.4) is 0 Å². The smallest absolute Gasteiger partial charge is 0.291 e. The Morgan fingerprint density at radius 2 is 1.56 bits per heavy atom. The molecule has 6 nitrogen and oxygen atoms in total. The number of benzene rings is 2. The average Bonchev–Trinajstić information content (AvgIpc) is 3.25. The number of rotatable bonds is 6. The van der Waals surface area contributed by atoms with Crippen molar-refractivity contribution in [2.24, 2.45) is 4.99 Å². The molecule has 2 aromatic carbocycles. The van der Waals surface area contributed by atoms with Crippen LogP contribution in [0.5, 0.6) is 0 Å². The molecule has 0 aliphatic rings. The molecule has 0 spiro atoms. The normalized spacial score (nSPS) is 11.1. The highest BCUT2D eigenvalue weighted by atomic mass is 16.3. The van der Waals surface area contributed by atoms with Gasteiger partial charge in [-0.1, -0.05) is 42.5 Å². The number of furan rings is 1. The summed E-state index contributed by atoms with van der Waals surface area (Å²) in [5, 5.41) is 9.35. The molecule has 3 rings (SSSR count). The van der Waals surface area contributed by atoms with Gasteiger partial charge in [0.15, 0.2) is 11.7 Å². The first-order valence-corrected chi connectivity index (χ1v) is 8.67. The van der Waals surface area contributed by atoms with Crippen LogP contribution in [0.25, 0.3) is 0 Å². The summed E-state index contributed by atoms with van der Waals surface area (Å²) in [7, 11) is 1.74. The minimum Gasteiger partial charge on any atom is -0.459 e. The molecule has 3 aromatic rings. The van der Waals surface area contributed by atoms with E-state index < -0.39 is 0 Å². The summed E-state index contributed by atoms with van der Waals surface area (Å²) in [6.07, 6.45) is 1.47. The second-order valence-corrected chi connectivity index (χ2v) is 5.89. The molecule has 0 aliphatic carbocycles. The Bertz CT molecular complexity index is 872. The summed E-state index contributed by atoms with van der Waals surface area (Å²) < 4.78 is 5.08. The maximum Gasteiger partial charge on any atom is 0.291 e. The maximum atomic E-state index is 12.0. The lowest BCUT2D eigenvalue weighted by Gasteiger charge is -2.12. The first-order valence-electron chi connectivity index (χ1n) is 8.67. The van der Waals surface area contributed by atoms with Crippen LogP contribution in [0.1, 0.15) is 21.7 Å². The van der Waals surface area contributed by atoms with E-state index in [0.717, 1.165) is 11.5 Å². The standard InChI is InChI=1S/C21H22N4O2/c1-22-21(23-14-16-6-3-2-4-7-16)24-15-17-9-11-18(12-10-17)25-20(26)19-8-5-13-27-19/h2-13H,14-15H2,1H3,(H,25,26)(H2,22,23,24). The third-order valence-electron chi connectivity index (χ3n) is 3.94. The Labute approximate surface area is 158 Å². The molecule has 0 radical (unpaired) electrons. The van der Waals surface area contributed by atoms with E-state index in [1.165, 1.54) is 11.8 Å². The fraction of sp³-hybridized carbons (Fsp3) is 0.143.